The maximum atomic E-state index is 3.63. The first kappa shape index (κ1) is 14.6. The molecule has 0 aliphatic carbocycles. The molecule has 1 fully saturated rings. The molecule has 2 aromatic carbocycles. The van der Waals surface area contributed by atoms with Crippen molar-refractivity contribution >= 4 is 10.8 Å². The minimum Gasteiger partial charge on any atom is -0.311 e. The molecule has 21 heavy (non-hydrogen) atoms. The Morgan fingerprint density at radius 2 is 1.95 bits per heavy atom. The zero-order valence-electron chi connectivity index (χ0n) is 13.4. The molecule has 3 rings (SSSR count). The average molecular weight is 282 g/mol. The zero-order chi connectivity index (χ0) is 14.9. The van der Waals surface area contributed by atoms with Crippen LogP contribution in [0.3, 0.4) is 0 Å². The topological polar surface area (TPSA) is 15.3 Å². The van der Waals surface area contributed by atoms with Crippen LogP contribution < -0.4 is 5.32 Å². The van der Waals surface area contributed by atoms with E-state index in [-0.39, 0.29) is 5.54 Å². The molecule has 0 radical (unpaired) electrons. The van der Waals surface area contributed by atoms with Gasteiger partial charge >= 0.3 is 0 Å². The van der Waals surface area contributed by atoms with E-state index in [9.17, 15) is 0 Å². The SMILES string of the molecule is CCC1(C)CNC(C)CN1Cc1cccc2ccccc12. The van der Waals surface area contributed by atoms with E-state index in [4.69, 9.17) is 0 Å². The predicted octanol–water partition coefficient (Wildman–Crippen LogP) is 3.80. The third-order valence-electron chi connectivity index (χ3n) is 5.09. The molecule has 0 aromatic heterocycles. The first-order valence-corrected chi connectivity index (χ1v) is 8.07. The molecule has 0 saturated carbocycles. The number of benzene rings is 2. The maximum absolute atomic E-state index is 3.63. The Balaban J connectivity index is 1.93. The summed E-state index contributed by atoms with van der Waals surface area (Å²) in [5.41, 5.74) is 1.70. The molecule has 1 heterocycles. The van der Waals surface area contributed by atoms with E-state index in [0.717, 1.165) is 19.6 Å². The highest BCUT2D eigenvalue weighted by molar-refractivity contribution is 5.85. The van der Waals surface area contributed by atoms with Crippen molar-refractivity contribution in [3.8, 4) is 0 Å². The molecule has 1 N–H and O–H groups in total. The highest BCUT2D eigenvalue weighted by Gasteiger charge is 2.34. The second-order valence-electron chi connectivity index (χ2n) is 6.65. The van der Waals surface area contributed by atoms with Crippen molar-refractivity contribution in [1.82, 2.24) is 10.2 Å². The first-order chi connectivity index (χ1) is 10.1. The number of hydrogen-bond acceptors (Lipinski definition) is 2. The third-order valence-corrected chi connectivity index (χ3v) is 5.09. The Morgan fingerprint density at radius 3 is 2.76 bits per heavy atom. The van der Waals surface area contributed by atoms with Gasteiger partial charge in [-0.25, -0.2) is 0 Å². The van der Waals surface area contributed by atoms with E-state index in [1.165, 1.54) is 22.8 Å². The molecule has 2 atom stereocenters. The lowest BCUT2D eigenvalue weighted by atomic mass is 9.91. The molecule has 0 amide bonds. The van der Waals surface area contributed by atoms with Crippen molar-refractivity contribution in [2.45, 2.75) is 45.3 Å². The van der Waals surface area contributed by atoms with Crippen LogP contribution in [-0.4, -0.2) is 29.6 Å². The Labute approximate surface area is 128 Å². The molecule has 1 aliphatic heterocycles. The summed E-state index contributed by atoms with van der Waals surface area (Å²) in [5, 5.41) is 6.37. The van der Waals surface area contributed by atoms with Gasteiger partial charge in [-0.2, -0.15) is 0 Å². The van der Waals surface area contributed by atoms with Gasteiger partial charge in [0.2, 0.25) is 0 Å². The second kappa shape index (κ2) is 5.78. The number of fused-ring (bicyclic) bond motifs is 1. The molecular weight excluding hydrogens is 256 g/mol. The van der Waals surface area contributed by atoms with Gasteiger partial charge in [-0.3, -0.25) is 4.90 Å². The van der Waals surface area contributed by atoms with Gasteiger partial charge in [0.1, 0.15) is 0 Å². The molecular formula is C19H26N2. The van der Waals surface area contributed by atoms with E-state index >= 15 is 0 Å². The number of nitrogens with zero attached hydrogens (tertiary/aromatic N) is 1. The first-order valence-electron chi connectivity index (χ1n) is 8.07. The van der Waals surface area contributed by atoms with Crippen LogP contribution >= 0.6 is 0 Å². The summed E-state index contributed by atoms with van der Waals surface area (Å²) < 4.78 is 0. The molecule has 1 saturated heterocycles. The van der Waals surface area contributed by atoms with Crippen LogP contribution in [0.1, 0.15) is 32.8 Å². The number of hydrogen-bond donors (Lipinski definition) is 1. The van der Waals surface area contributed by atoms with Crippen molar-refractivity contribution in [2.75, 3.05) is 13.1 Å². The van der Waals surface area contributed by atoms with Gasteiger partial charge < -0.3 is 5.32 Å². The zero-order valence-corrected chi connectivity index (χ0v) is 13.4. The summed E-state index contributed by atoms with van der Waals surface area (Å²) in [4.78, 5) is 2.66. The maximum Gasteiger partial charge on any atom is 0.0307 e. The quantitative estimate of drug-likeness (QED) is 0.921. The van der Waals surface area contributed by atoms with E-state index in [1.54, 1.807) is 0 Å². The van der Waals surface area contributed by atoms with E-state index < -0.39 is 0 Å². The van der Waals surface area contributed by atoms with Crippen LogP contribution in [0.5, 0.6) is 0 Å². The van der Waals surface area contributed by atoms with Crippen LogP contribution in [0.2, 0.25) is 0 Å². The number of rotatable bonds is 3. The lowest BCUT2D eigenvalue weighted by Gasteiger charge is -2.47. The largest absolute Gasteiger partial charge is 0.311 e. The van der Waals surface area contributed by atoms with Crippen LogP contribution in [0.4, 0.5) is 0 Å². The highest BCUT2D eigenvalue weighted by Crippen LogP contribution is 2.27. The van der Waals surface area contributed by atoms with Gasteiger partial charge in [0.25, 0.3) is 0 Å². The van der Waals surface area contributed by atoms with Gasteiger partial charge in [0, 0.05) is 31.2 Å². The van der Waals surface area contributed by atoms with Crippen molar-refractivity contribution in [3.63, 3.8) is 0 Å². The van der Waals surface area contributed by atoms with Crippen LogP contribution in [0.25, 0.3) is 10.8 Å². The Morgan fingerprint density at radius 1 is 1.19 bits per heavy atom. The Kier molecular flexibility index (Phi) is 4.01. The monoisotopic (exact) mass is 282 g/mol. The van der Waals surface area contributed by atoms with Crippen molar-refractivity contribution in [2.24, 2.45) is 0 Å². The predicted molar refractivity (Wildman–Crippen MR) is 90.5 cm³/mol. The van der Waals surface area contributed by atoms with Crippen LogP contribution in [0, 0.1) is 0 Å². The summed E-state index contributed by atoms with van der Waals surface area (Å²) in [5.74, 6) is 0. The van der Waals surface area contributed by atoms with E-state index in [1.807, 2.05) is 0 Å². The molecule has 2 nitrogen and oxygen atoms in total. The standard InChI is InChI=1S/C19H26N2/c1-4-19(3)14-20-15(2)12-21(19)13-17-10-7-9-16-8-5-6-11-18(16)17/h5-11,15,20H,4,12-14H2,1-3H3. The van der Waals surface area contributed by atoms with Gasteiger partial charge in [-0.05, 0) is 36.6 Å². The Hall–Kier alpha value is -1.38. The number of piperazine rings is 1. The highest BCUT2D eigenvalue weighted by atomic mass is 15.3. The molecule has 2 heteroatoms. The van der Waals surface area contributed by atoms with E-state index in [2.05, 4.69) is 73.5 Å². The fourth-order valence-corrected chi connectivity index (χ4v) is 3.36. The van der Waals surface area contributed by atoms with Crippen LogP contribution in [0.15, 0.2) is 42.5 Å². The summed E-state index contributed by atoms with van der Waals surface area (Å²) >= 11 is 0. The van der Waals surface area contributed by atoms with Gasteiger partial charge in [-0.15, -0.1) is 0 Å². The molecule has 2 unspecified atom stereocenters. The lowest BCUT2D eigenvalue weighted by Crippen LogP contribution is -2.61. The van der Waals surface area contributed by atoms with Gasteiger partial charge in [0.15, 0.2) is 0 Å². The fraction of sp³-hybridized carbons (Fsp3) is 0.474. The van der Waals surface area contributed by atoms with Gasteiger partial charge in [0.05, 0.1) is 0 Å². The summed E-state index contributed by atoms with van der Waals surface area (Å²) in [6.45, 7) is 10.2. The minimum absolute atomic E-state index is 0.253. The van der Waals surface area contributed by atoms with Crippen molar-refractivity contribution < 1.29 is 0 Å². The summed E-state index contributed by atoms with van der Waals surface area (Å²) in [7, 11) is 0. The molecule has 0 spiro atoms. The molecule has 112 valence electrons. The Bertz CT molecular complexity index is 616. The average Bonchev–Trinajstić information content (AvgIpc) is 2.51. The molecule has 1 aliphatic rings. The third kappa shape index (κ3) is 2.83. The fourth-order valence-electron chi connectivity index (χ4n) is 3.36. The second-order valence-corrected chi connectivity index (χ2v) is 6.65. The summed E-state index contributed by atoms with van der Waals surface area (Å²) in [6.07, 6.45) is 1.18. The smallest absolute Gasteiger partial charge is 0.0307 e. The molecule has 2 aromatic rings. The van der Waals surface area contributed by atoms with Gasteiger partial charge in [-0.1, -0.05) is 49.4 Å². The van der Waals surface area contributed by atoms with Crippen molar-refractivity contribution in [1.29, 1.82) is 0 Å². The minimum atomic E-state index is 0.253. The summed E-state index contributed by atoms with van der Waals surface area (Å²) in [6, 6.07) is 16.0. The van der Waals surface area contributed by atoms with Crippen molar-refractivity contribution in [3.05, 3.63) is 48.0 Å². The van der Waals surface area contributed by atoms with E-state index in [0.29, 0.717) is 6.04 Å². The lowest BCUT2D eigenvalue weighted by molar-refractivity contribution is 0.0457. The number of nitrogens with one attached hydrogen (secondary N) is 1. The molecule has 0 bridgehead atoms. The van der Waals surface area contributed by atoms with Crippen LogP contribution in [-0.2, 0) is 6.54 Å². The normalized spacial score (nSPS) is 27.1.